The normalized spacial score (nSPS) is 43.0. The van der Waals surface area contributed by atoms with Crippen LogP contribution in [0.3, 0.4) is 0 Å². The van der Waals surface area contributed by atoms with E-state index in [1.807, 2.05) is 13.8 Å². The van der Waals surface area contributed by atoms with Crippen molar-refractivity contribution in [1.29, 1.82) is 0 Å². The Bertz CT molecular complexity index is 128. The lowest BCUT2D eigenvalue weighted by Gasteiger charge is -2.14. The van der Waals surface area contributed by atoms with Crippen molar-refractivity contribution in [3.05, 3.63) is 0 Å². The predicted molar refractivity (Wildman–Crippen MR) is 40.6 cm³/mol. The minimum absolute atomic E-state index is 0.00347. The van der Waals surface area contributed by atoms with E-state index in [-0.39, 0.29) is 10.4 Å². The third-order valence-corrected chi connectivity index (χ3v) is 2.06. The lowest BCUT2D eigenvalue weighted by Crippen LogP contribution is -2.25. The summed E-state index contributed by atoms with van der Waals surface area (Å²) in [5.41, 5.74) is -0.646. The molecule has 0 radical (unpaired) electrons. The van der Waals surface area contributed by atoms with Crippen LogP contribution < -0.4 is 5.32 Å². The van der Waals surface area contributed by atoms with Crippen molar-refractivity contribution in [2.45, 2.75) is 36.9 Å². The van der Waals surface area contributed by atoms with Gasteiger partial charge in [-0.2, -0.15) is 0 Å². The molecule has 0 amide bonds. The summed E-state index contributed by atoms with van der Waals surface area (Å²) in [6.07, 6.45) is 0. The van der Waals surface area contributed by atoms with Crippen molar-refractivity contribution in [3.8, 4) is 0 Å². The van der Waals surface area contributed by atoms with Crippen molar-refractivity contribution >= 4 is 15.9 Å². The van der Waals surface area contributed by atoms with Gasteiger partial charge in [0, 0.05) is 4.32 Å². The van der Waals surface area contributed by atoms with Gasteiger partial charge in [-0.25, -0.2) is 0 Å². The summed E-state index contributed by atoms with van der Waals surface area (Å²) in [6, 6.07) is 0.185. The van der Waals surface area contributed by atoms with Crippen LogP contribution in [0.25, 0.3) is 0 Å². The Morgan fingerprint density at radius 2 is 2.00 bits per heavy atom. The number of alkyl halides is 1. The average molecular weight is 194 g/mol. The lowest BCUT2D eigenvalue weighted by atomic mass is 10.1. The summed E-state index contributed by atoms with van der Waals surface area (Å²) in [4.78, 5) is 0. The summed E-state index contributed by atoms with van der Waals surface area (Å²) in [6.45, 7) is 5.85. The molecule has 1 aliphatic rings. The second-order valence-corrected chi connectivity index (χ2v) is 5.33. The first-order valence-corrected chi connectivity index (χ1v) is 3.82. The molecule has 3 heteroatoms. The fraction of sp³-hybridized carbons (Fsp3) is 1.00. The van der Waals surface area contributed by atoms with Gasteiger partial charge < -0.3 is 5.11 Å². The van der Waals surface area contributed by atoms with E-state index in [1.54, 1.807) is 6.92 Å². The number of halogens is 1. The minimum Gasteiger partial charge on any atom is -0.374 e. The zero-order chi connectivity index (χ0) is 7.28. The van der Waals surface area contributed by atoms with Gasteiger partial charge in [-0.1, -0.05) is 15.9 Å². The van der Waals surface area contributed by atoms with Crippen LogP contribution in [0.5, 0.6) is 0 Å². The quantitative estimate of drug-likeness (QED) is 0.479. The van der Waals surface area contributed by atoms with E-state index >= 15 is 0 Å². The molecule has 1 heterocycles. The molecule has 2 atom stereocenters. The largest absolute Gasteiger partial charge is 0.374 e. The molecule has 1 saturated heterocycles. The van der Waals surface area contributed by atoms with Crippen LogP contribution in [0.1, 0.15) is 20.8 Å². The van der Waals surface area contributed by atoms with Crippen LogP contribution in [-0.4, -0.2) is 21.2 Å². The second kappa shape index (κ2) is 1.71. The van der Waals surface area contributed by atoms with Gasteiger partial charge >= 0.3 is 0 Å². The summed E-state index contributed by atoms with van der Waals surface area (Å²) in [5.74, 6) is 0. The zero-order valence-electron chi connectivity index (χ0n) is 5.90. The third-order valence-electron chi connectivity index (χ3n) is 1.60. The van der Waals surface area contributed by atoms with E-state index in [4.69, 9.17) is 0 Å². The van der Waals surface area contributed by atoms with E-state index in [9.17, 15) is 5.11 Å². The second-order valence-electron chi connectivity index (χ2n) is 3.29. The molecular weight excluding hydrogens is 182 g/mol. The topological polar surface area (TPSA) is 42.2 Å². The van der Waals surface area contributed by atoms with Gasteiger partial charge in [0.1, 0.15) is 5.72 Å². The van der Waals surface area contributed by atoms with Crippen molar-refractivity contribution in [2.24, 2.45) is 0 Å². The maximum absolute atomic E-state index is 9.29. The molecule has 1 fully saturated rings. The predicted octanol–water partition coefficient (Wildman–Crippen LogP) is 0.840. The molecule has 2 N–H and O–H groups in total. The Morgan fingerprint density at radius 1 is 1.67 bits per heavy atom. The molecule has 0 aromatic rings. The summed E-state index contributed by atoms with van der Waals surface area (Å²) >= 11 is 3.46. The fourth-order valence-corrected chi connectivity index (χ4v) is 1.65. The van der Waals surface area contributed by atoms with Gasteiger partial charge in [-0.15, -0.1) is 0 Å². The Balaban J connectivity index is 2.52. The monoisotopic (exact) mass is 193 g/mol. The fourth-order valence-electron chi connectivity index (χ4n) is 1.09. The van der Waals surface area contributed by atoms with Gasteiger partial charge in [-0.3, -0.25) is 5.32 Å². The number of nitrogens with one attached hydrogen (secondary N) is 1. The van der Waals surface area contributed by atoms with Gasteiger partial charge in [0.05, 0.1) is 6.04 Å². The first kappa shape index (κ1) is 7.51. The van der Waals surface area contributed by atoms with Gasteiger partial charge in [0.2, 0.25) is 0 Å². The van der Waals surface area contributed by atoms with E-state index in [0.717, 1.165) is 0 Å². The highest BCUT2D eigenvalue weighted by atomic mass is 79.9. The molecule has 0 aromatic heterocycles. The smallest absolute Gasteiger partial charge is 0.130 e. The molecule has 2 unspecified atom stereocenters. The molecule has 0 aromatic carbocycles. The third kappa shape index (κ3) is 1.45. The van der Waals surface area contributed by atoms with Gasteiger partial charge in [0.25, 0.3) is 0 Å². The standard InChI is InChI=1S/C6H12BrNO/c1-5(2,7)4-6(3,9)8-4/h4,8-9H,1-3H3. The highest BCUT2D eigenvalue weighted by Gasteiger charge is 2.55. The molecule has 0 spiro atoms. The van der Waals surface area contributed by atoms with Crippen molar-refractivity contribution < 1.29 is 5.11 Å². The Hall–Kier alpha value is 0.400. The highest BCUT2D eigenvalue weighted by molar-refractivity contribution is 9.10. The maximum atomic E-state index is 9.29. The van der Waals surface area contributed by atoms with Crippen LogP contribution in [0.2, 0.25) is 0 Å². The van der Waals surface area contributed by atoms with Crippen LogP contribution in [-0.2, 0) is 0 Å². The van der Waals surface area contributed by atoms with Crippen LogP contribution >= 0.6 is 15.9 Å². The highest BCUT2D eigenvalue weighted by Crippen LogP contribution is 2.37. The Kier molecular flexibility index (Phi) is 1.43. The summed E-state index contributed by atoms with van der Waals surface area (Å²) < 4.78 is -0.00347. The molecule has 0 saturated carbocycles. The summed E-state index contributed by atoms with van der Waals surface area (Å²) in [5, 5.41) is 12.2. The number of rotatable bonds is 1. The average Bonchev–Trinajstić information content (AvgIpc) is 2.10. The minimum atomic E-state index is -0.646. The van der Waals surface area contributed by atoms with Crippen molar-refractivity contribution in [2.75, 3.05) is 0 Å². The first-order valence-electron chi connectivity index (χ1n) is 3.03. The van der Waals surface area contributed by atoms with Gasteiger partial charge in [-0.05, 0) is 20.8 Å². The zero-order valence-corrected chi connectivity index (χ0v) is 7.49. The Labute approximate surface area is 63.8 Å². The van der Waals surface area contributed by atoms with E-state index in [1.165, 1.54) is 0 Å². The molecule has 1 aliphatic heterocycles. The van der Waals surface area contributed by atoms with E-state index in [0.29, 0.717) is 0 Å². The SMILES string of the molecule is CC(C)(Br)C1NC1(C)O. The van der Waals surface area contributed by atoms with Crippen LogP contribution in [0.4, 0.5) is 0 Å². The molecule has 2 nitrogen and oxygen atoms in total. The van der Waals surface area contributed by atoms with E-state index in [2.05, 4.69) is 21.2 Å². The lowest BCUT2D eigenvalue weighted by molar-refractivity contribution is 0.152. The molecule has 0 bridgehead atoms. The number of hydrogen-bond donors (Lipinski definition) is 2. The molecule has 0 aliphatic carbocycles. The maximum Gasteiger partial charge on any atom is 0.130 e. The first-order chi connectivity index (χ1) is 3.84. The van der Waals surface area contributed by atoms with Crippen molar-refractivity contribution in [1.82, 2.24) is 5.32 Å². The number of hydrogen-bond acceptors (Lipinski definition) is 2. The van der Waals surface area contributed by atoms with Crippen LogP contribution in [0.15, 0.2) is 0 Å². The van der Waals surface area contributed by atoms with Crippen LogP contribution in [0, 0.1) is 0 Å². The van der Waals surface area contributed by atoms with Crippen molar-refractivity contribution in [3.63, 3.8) is 0 Å². The molecule has 54 valence electrons. The molecule has 1 rings (SSSR count). The summed E-state index contributed by atoms with van der Waals surface area (Å²) in [7, 11) is 0. The van der Waals surface area contributed by atoms with Gasteiger partial charge in [0.15, 0.2) is 0 Å². The number of aliphatic hydroxyl groups is 1. The van der Waals surface area contributed by atoms with E-state index < -0.39 is 5.72 Å². The molecule has 9 heavy (non-hydrogen) atoms. The Morgan fingerprint density at radius 3 is 2.00 bits per heavy atom. The molecular formula is C6H12BrNO.